The van der Waals surface area contributed by atoms with E-state index in [4.69, 9.17) is 0 Å². The summed E-state index contributed by atoms with van der Waals surface area (Å²) in [5.41, 5.74) is -0.471. The summed E-state index contributed by atoms with van der Waals surface area (Å²) in [5, 5.41) is 12.6. The van der Waals surface area contributed by atoms with Gasteiger partial charge in [0.25, 0.3) is 5.56 Å². The maximum absolute atomic E-state index is 12.0. The number of hydrogen-bond donors (Lipinski definition) is 3. The number of nitrogens with zero attached hydrogens (tertiary/aromatic N) is 1. The van der Waals surface area contributed by atoms with Crippen molar-refractivity contribution in [2.24, 2.45) is 5.41 Å². The number of carboxylic acids is 1. The molecule has 26 heavy (non-hydrogen) atoms. The number of rotatable bonds is 9. The van der Waals surface area contributed by atoms with Crippen LogP contribution in [-0.2, 0) is 16.0 Å². The number of carbonyl (C=O) groups is 2. The Kier molecular flexibility index (Phi) is 6.49. The number of hydrogen-bond acceptors (Lipinski definition) is 4. The first-order valence-corrected chi connectivity index (χ1v) is 8.90. The number of amides is 1. The molecular formula is C19H25N3O4. The van der Waals surface area contributed by atoms with Crippen molar-refractivity contribution in [2.45, 2.75) is 46.0 Å². The first kappa shape index (κ1) is 19.6. The highest BCUT2D eigenvalue weighted by Crippen LogP contribution is 2.25. The molecule has 2 aromatic rings. The number of carbonyl (C=O) groups excluding carboxylic acids is 1. The monoisotopic (exact) mass is 359 g/mol. The lowest BCUT2D eigenvalue weighted by Gasteiger charge is -2.26. The fraction of sp³-hybridized carbons (Fsp3) is 0.474. The van der Waals surface area contributed by atoms with E-state index >= 15 is 0 Å². The quantitative estimate of drug-likeness (QED) is 0.636. The number of carboxylic acid groups (broad SMARTS) is 1. The van der Waals surface area contributed by atoms with E-state index in [0.29, 0.717) is 42.4 Å². The Morgan fingerprint density at radius 1 is 1.23 bits per heavy atom. The van der Waals surface area contributed by atoms with Crippen LogP contribution in [0, 0.1) is 5.41 Å². The van der Waals surface area contributed by atoms with Crippen LogP contribution in [0.25, 0.3) is 10.9 Å². The van der Waals surface area contributed by atoms with Crippen molar-refractivity contribution in [2.75, 3.05) is 6.54 Å². The van der Waals surface area contributed by atoms with Crippen molar-refractivity contribution >= 4 is 22.8 Å². The Hall–Kier alpha value is -2.70. The highest BCUT2D eigenvalue weighted by molar-refractivity contribution is 5.79. The van der Waals surface area contributed by atoms with Crippen LogP contribution >= 0.6 is 0 Å². The molecule has 0 saturated heterocycles. The molecule has 140 valence electrons. The van der Waals surface area contributed by atoms with Crippen LogP contribution in [0.4, 0.5) is 0 Å². The van der Waals surface area contributed by atoms with Gasteiger partial charge in [0, 0.05) is 19.4 Å². The molecule has 2 rings (SSSR count). The molecule has 1 amide bonds. The Morgan fingerprint density at radius 3 is 2.58 bits per heavy atom. The van der Waals surface area contributed by atoms with Crippen molar-refractivity contribution in [1.82, 2.24) is 15.3 Å². The second-order valence-corrected chi connectivity index (χ2v) is 6.45. The summed E-state index contributed by atoms with van der Waals surface area (Å²) in [4.78, 5) is 42.6. The number of nitrogens with one attached hydrogen (secondary N) is 2. The predicted molar refractivity (Wildman–Crippen MR) is 99.0 cm³/mol. The van der Waals surface area contributed by atoms with E-state index in [1.54, 1.807) is 18.2 Å². The first-order valence-electron chi connectivity index (χ1n) is 8.90. The van der Waals surface area contributed by atoms with Gasteiger partial charge in [0.1, 0.15) is 5.82 Å². The van der Waals surface area contributed by atoms with Gasteiger partial charge in [-0.2, -0.15) is 0 Å². The minimum atomic E-state index is -0.916. The molecule has 0 radical (unpaired) electrons. The molecule has 0 atom stereocenters. The molecule has 3 N–H and O–H groups in total. The number of aromatic nitrogens is 2. The summed E-state index contributed by atoms with van der Waals surface area (Å²) in [6.45, 7) is 3.75. The third-order valence-electron chi connectivity index (χ3n) is 4.91. The van der Waals surface area contributed by atoms with Crippen LogP contribution in [-0.4, -0.2) is 33.5 Å². The molecule has 0 unspecified atom stereocenters. The number of aliphatic carboxylic acids is 1. The summed E-state index contributed by atoms with van der Waals surface area (Å²) >= 11 is 0. The zero-order valence-corrected chi connectivity index (χ0v) is 15.2. The zero-order chi connectivity index (χ0) is 19.2. The fourth-order valence-corrected chi connectivity index (χ4v) is 2.90. The third kappa shape index (κ3) is 4.47. The SMILES string of the molecule is CCC(CC)(CNC(=O)CCCc1nc2ccccc2c(=O)[nH]1)C(=O)O. The number of aryl methyl sites for hydroxylation is 1. The molecule has 1 heterocycles. The first-order chi connectivity index (χ1) is 12.4. The smallest absolute Gasteiger partial charge is 0.311 e. The molecule has 0 spiro atoms. The van der Waals surface area contributed by atoms with Crippen LogP contribution in [0.3, 0.4) is 0 Å². The molecule has 7 nitrogen and oxygen atoms in total. The van der Waals surface area contributed by atoms with Gasteiger partial charge in [0.05, 0.1) is 16.3 Å². The van der Waals surface area contributed by atoms with Crippen molar-refractivity contribution in [3.63, 3.8) is 0 Å². The molecule has 0 aliphatic heterocycles. The third-order valence-corrected chi connectivity index (χ3v) is 4.91. The molecule has 0 fully saturated rings. The molecular weight excluding hydrogens is 334 g/mol. The van der Waals surface area contributed by atoms with Crippen molar-refractivity contribution in [1.29, 1.82) is 0 Å². The van der Waals surface area contributed by atoms with E-state index < -0.39 is 11.4 Å². The average Bonchev–Trinajstić information content (AvgIpc) is 2.63. The minimum Gasteiger partial charge on any atom is -0.481 e. The molecule has 0 aliphatic carbocycles. The van der Waals surface area contributed by atoms with E-state index in [2.05, 4.69) is 15.3 Å². The highest BCUT2D eigenvalue weighted by atomic mass is 16.4. The number of benzene rings is 1. The van der Waals surface area contributed by atoms with Gasteiger partial charge in [-0.1, -0.05) is 26.0 Å². The lowest BCUT2D eigenvalue weighted by molar-refractivity contribution is -0.149. The van der Waals surface area contributed by atoms with E-state index in [0.717, 1.165) is 0 Å². The van der Waals surface area contributed by atoms with Gasteiger partial charge in [-0.3, -0.25) is 14.4 Å². The summed E-state index contributed by atoms with van der Waals surface area (Å²) in [7, 11) is 0. The number of fused-ring (bicyclic) bond motifs is 1. The van der Waals surface area contributed by atoms with E-state index in [1.807, 2.05) is 19.9 Å². The molecule has 7 heteroatoms. The van der Waals surface area contributed by atoms with Gasteiger partial charge in [-0.25, -0.2) is 4.98 Å². The lowest BCUT2D eigenvalue weighted by atomic mass is 9.82. The van der Waals surface area contributed by atoms with E-state index in [1.165, 1.54) is 0 Å². The lowest BCUT2D eigenvalue weighted by Crippen LogP contribution is -2.42. The topological polar surface area (TPSA) is 112 Å². The fourth-order valence-electron chi connectivity index (χ4n) is 2.90. The molecule has 1 aromatic carbocycles. The predicted octanol–water partition coefficient (Wildman–Crippen LogP) is 2.25. The van der Waals surface area contributed by atoms with Gasteiger partial charge in [0.15, 0.2) is 0 Å². The van der Waals surface area contributed by atoms with Crippen molar-refractivity contribution in [3.05, 3.63) is 40.4 Å². The molecule has 0 saturated carbocycles. The summed E-state index contributed by atoms with van der Waals surface area (Å²) in [6.07, 6.45) is 2.16. The second kappa shape index (κ2) is 8.60. The largest absolute Gasteiger partial charge is 0.481 e. The Balaban J connectivity index is 1.89. The maximum Gasteiger partial charge on any atom is 0.311 e. The van der Waals surface area contributed by atoms with Gasteiger partial charge in [-0.15, -0.1) is 0 Å². The van der Waals surface area contributed by atoms with Gasteiger partial charge >= 0.3 is 5.97 Å². The Morgan fingerprint density at radius 2 is 1.92 bits per heavy atom. The number of para-hydroxylation sites is 1. The normalized spacial score (nSPS) is 11.5. The van der Waals surface area contributed by atoms with Crippen LogP contribution < -0.4 is 10.9 Å². The summed E-state index contributed by atoms with van der Waals surface area (Å²) in [5.74, 6) is -0.537. The van der Waals surface area contributed by atoms with Crippen LogP contribution in [0.15, 0.2) is 29.1 Å². The van der Waals surface area contributed by atoms with Gasteiger partial charge in [0.2, 0.25) is 5.91 Å². The zero-order valence-electron chi connectivity index (χ0n) is 15.2. The Labute approximate surface area is 151 Å². The summed E-state index contributed by atoms with van der Waals surface area (Å²) in [6, 6.07) is 7.10. The van der Waals surface area contributed by atoms with Crippen LogP contribution in [0.5, 0.6) is 0 Å². The van der Waals surface area contributed by atoms with Gasteiger partial charge in [-0.05, 0) is 31.4 Å². The van der Waals surface area contributed by atoms with Gasteiger partial charge < -0.3 is 15.4 Å². The van der Waals surface area contributed by atoms with Crippen molar-refractivity contribution < 1.29 is 14.7 Å². The average molecular weight is 359 g/mol. The van der Waals surface area contributed by atoms with Crippen LogP contribution in [0.2, 0.25) is 0 Å². The van der Waals surface area contributed by atoms with Crippen molar-refractivity contribution in [3.8, 4) is 0 Å². The maximum atomic E-state index is 12.0. The van der Waals surface area contributed by atoms with Crippen LogP contribution in [0.1, 0.15) is 45.4 Å². The Bertz CT molecular complexity index is 840. The van der Waals surface area contributed by atoms with E-state index in [-0.39, 0.29) is 24.4 Å². The number of aromatic amines is 1. The molecule has 0 aliphatic rings. The van der Waals surface area contributed by atoms with E-state index in [9.17, 15) is 19.5 Å². The second-order valence-electron chi connectivity index (χ2n) is 6.45. The molecule has 0 bridgehead atoms. The number of H-pyrrole nitrogens is 1. The minimum absolute atomic E-state index is 0.124. The summed E-state index contributed by atoms with van der Waals surface area (Å²) < 4.78 is 0. The molecule has 1 aromatic heterocycles. The highest BCUT2D eigenvalue weighted by Gasteiger charge is 2.34. The standard InChI is InChI=1S/C19H25N3O4/c1-3-19(4-2,18(25)26)12-20-16(23)11-7-10-15-21-14-9-6-5-8-13(14)17(24)22-15/h5-6,8-9H,3-4,7,10-12H2,1-2H3,(H,20,23)(H,25,26)(H,21,22,24).